The molecule has 0 bridgehead atoms. The summed E-state index contributed by atoms with van der Waals surface area (Å²) in [4.78, 5) is 13.8. The van der Waals surface area contributed by atoms with Crippen LogP contribution in [0.4, 0.5) is 0 Å². The molecule has 1 rings (SSSR count). The van der Waals surface area contributed by atoms with Crippen LogP contribution in [0.1, 0.15) is 29.8 Å². The van der Waals surface area contributed by atoms with Gasteiger partial charge in [0.1, 0.15) is 3.70 Å². The first-order valence-corrected chi connectivity index (χ1v) is 7.09. The van der Waals surface area contributed by atoms with E-state index >= 15 is 0 Å². The number of rotatable bonds is 7. The molecule has 6 heteroatoms. The molecule has 0 atom stereocenters. The van der Waals surface area contributed by atoms with E-state index in [-0.39, 0.29) is 5.91 Å². The molecule has 100 valence electrons. The van der Waals surface area contributed by atoms with Gasteiger partial charge in [0.05, 0.1) is 0 Å². The minimum Gasteiger partial charge on any atom is -0.351 e. The summed E-state index contributed by atoms with van der Waals surface area (Å²) < 4.78 is 0.785. The molecule has 0 saturated heterocycles. The largest absolute Gasteiger partial charge is 0.351 e. The molecule has 0 unspecified atom stereocenters. The molecule has 1 aromatic heterocycles. The van der Waals surface area contributed by atoms with Crippen molar-refractivity contribution in [1.82, 2.24) is 20.4 Å². The number of aromatic nitrogens is 2. The van der Waals surface area contributed by atoms with E-state index in [1.54, 1.807) is 12.1 Å². The fourth-order valence-corrected chi connectivity index (χ4v) is 1.75. The number of carbonyl (C=O) groups is 1. The van der Waals surface area contributed by atoms with E-state index in [9.17, 15) is 4.79 Å². The van der Waals surface area contributed by atoms with Crippen LogP contribution in [0.15, 0.2) is 12.1 Å². The minimum atomic E-state index is -0.147. The Kier molecular flexibility index (Phi) is 7.11. The minimum absolute atomic E-state index is 0.147. The highest BCUT2D eigenvalue weighted by atomic mass is 123. The third kappa shape index (κ3) is 6.25. The van der Waals surface area contributed by atoms with Gasteiger partial charge in [-0.15, -0.1) is 10.2 Å². The van der Waals surface area contributed by atoms with Gasteiger partial charge in [-0.1, -0.05) is 6.42 Å². The van der Waals surface area contributed by atoms with E-state index in [1.807, 2.05) is 0 Å². The molecule has 0 fully saturated rings. The van der Waals surface area contributed by atoms with Crippen LogP contribution in [0, 0.1) is 3.70 Å². The zero-order chi connectivity index (χ0) is 13.4. The van der Waals surface area contributed by atoms with Crippen molar-refractivity contribution in [2.24, 2.45) is 0 Å². The highest BCUT2D eigenvalue weighted by molar-refractivity contribution is 14.1. The van der Waals surface area contributed by atoms with Gasteiger partial charge in [0.25, 0.3) is 5.91 Å². The number of amides is 1. The molecule has 1 aromatic rings. The van der Waals surface area contributed by atoms with Gasteiger partial charge in [0, 0.05) is 6.54 Å². The quantitative estimate of drug-likeness (QED) is 0.594. The van der Waals surface area contributed by atoms with Gasteiger partial charge in [-0.05, 0) is 68.2 Å². The number of hydrogen-bond donors (Lipinski definition) is 1. The molecular formula is C12H19IN4O. The number of hydrogen-bond acceptors (Lipinski definition) is 4. The van der Waals surface area contributed by atoms with Crippen LogP contribution in [-0.4, -0.2) is 48.2 Å². The summed E-state index contributed by atoms with van der Waals surface area (Å²) in [5.74, 6) is -0.147. The Morgan fingerprint density at radius 2 is 2.06 bits per heavy atom. The Bertz CT molecular complexity index is 367. The Hall–Kier alpha value is -0.760. The van der Waals surface area contributed by atoms with Crippen LogP contribution < -0.4 is 5.32 Å². The first-order valence-electron chi connectivity index (χ1n) is 6.02. The van der Waals surface area contributed by atoms with Crippen molar-refractivity contribution in [3.05, 3.63) is 21.5 Å². The molecule has 5 nitrogen and oxygen atoms in total. The highest BCUT2D eigenvalue weighted by Crippen LogP contribution is 2.00. The van der Waals surface area contributed by atoms with Crippen molar-refractivity contribution >= 4 is 28.5 Å². The van der Waals surface area contributed by atoms with Gasteiger partial charge < -0.3 is 10.2 Å². The molecule has 0 saturated carbocycles. The summed E-state index contributed by atoms with van der Waals surface area (Å²) >= 11 is 2.06. The predicted molar refractivity (Wildman–Crippen MR) is 79.5 cm³/mol. The summed E-state index contributed by atoms with van der Waals surface area (Å²) in [6, 6.07) is 3.47. The molecule has 0 aliphatic rings. The lowest BCUT2D eigenvalue weighted by Crippen LogP contribution is -2.25. The van der Waals surface area contributed by atoms with E-state index in [2.05, 4.69) is 57.1 Å². The molecular weight excluding hydrogens is 339 g/mol. The molecule has 0 aliphatic carbocycles. The standard InChI is InChI=1S/C12H19IN4O/c1-17(2)9-5-3-4-8-14-12(18)10-6-7-11(13)16-15-10/h6-7H,3-5,8-9H2,1-2H3,(H,14,18)/i13-4. The maximum Gasteiger partial charge on any atom is 0.271 e. The molecule has 0 spiro atoms. The zero-order valence-electron chi connectivity index (χ0n) is 10.8. The van der Waals surface area contributed by atoms with Gasteiger partial charge in [-0.2, -0.15) is 0 Å². The SMILES string of the molecule is CN(C)CCCCCNC(=O)c1ccc([123I])nn1. The Balaban J connectivity index is 2.16. The lowest BCUT2D eigenvalue weighted by atomic mass is 10.2. The van der Waals surface area contributed by atoms with Crippen LogP contribution in [0.25, 0.3) is 0 Å². The second-order valence-corrected chi connectivity index (χ2v) is 5.47. The van der Waals surface area contributed by atoms with Crippen LogP contribution in [0.2, 0.25) is 0 Å². The van der Waals surface area contributed by atoms with Crippen LogP contribution in [0.5, 0.6) is 0 Å². The zero-order valence-corrected chi connectivity index (χ0v) is 13.0. The molecule has 0 aliphatic heterocycles. The van der Waals surface area contributed by atoms with Crippen molar-refractivity contribution in [1.29, 1.82) is 0 Å². The lowest BCUT2D eigenvalue weighted by molar-refractivity contribution is 0.0946. The van der Waals surface area contributed by atoms with Crippen molar-refractivity contribution < 1.29 is 4.79 Å². The molecule has 1 N–H and O–H groups in total. The van der Waals surface area contributed by atoms with Crippen LogP contribution >= 0.6 is 22.6 Å². The summed E-state index contributed by atoms with van der Waals surface area (Å²) in [6.45, 7) is 1.79. The second kappa shape index (κ2) is 8.36. The third-order valence-electron chi connectivity index (χ3n) is 2.43. The molecule has 1 amide bonds. The summed E-state index contributed by atoms with van der Waals surface area (Å²) in [7, 11) is 4.13. The van der Waals surface area contributed by atoms with Gasteiger partial charge in [-0.3, -0.25) is 4.79 Å². The predicted octanol–water partition coefficient (Wildman–Crippen LogP) is 1.54. The molecule has 18 heavy (non-hydrogen) atoms. The number of nitrogens with one attached hydrogen (secondary N) is 1. The fourth-order valence-electron chi connectivity index (χ4n) is 1.46. The number of unbranched alkanes of at least 4 members (excludes halogenated alkanes) is 2. The first kappa shape index (κ1) is 15.3. The summed E-state index contributed by atoms with van der Waals surface area (Å²) in [5, 5.41) is 10.5. The molecule has 1 heterocycles. The fraction of sp³-hybridized carbons (Fsp3) is 0.583. The number of carbonyl (C=O) groups excluding carboxylic acids is 1. The third-order valence-corrected chi connectivity index (χ3v) is 3.01. The van der Waals surface area contributed by atoms with Crippen molar-refractivity contribution in [2.45, 2.75) is 19.3 Å². The van der Waals surface area contributed by atoms with Crippen LogP contribution in [0.3, 0.4) is 0 Å². The average molecular weight is 358 g/mol. The number of halogens is 1. The van der Waals surface area contributed by atoms with E-state index in [1.165, 1.54) is 0 Å². The van der Waals surface area contributed by atoms with E-state index in [0.29, 0.717) is 12.2 Å². The van der Waals surface area contributed by atoms with Gasteiger partial charge >= 0.3 is 0 Å². The maximum absolute atomic E-state index is 11.7. The van der Waals surface area contributed by atoms with E-state index < -0.39 is 0 Å². The lowest BCUT2D eigenvalue weighted by Gasteiger charge is -2.08. The van der Waals surface area contributed by atoms with E-state index in [4.69, 9.17) is 0 Å². The second-order valence-electron chi connectivity index (χ2n) is 4.36. The van der Waals surface area contributed by atoms with Gasteiger partial charge in [-0.25, -0.2) is 0 Å². The molecule has 0 radical (unpaired) electrons. The maximum atomic E-state index is 11.7. The normalized spacial score (nSPS) is 10.7. The van der Waals surface area contributed by atoms with Crippen molar-refractivity contribution in [3.8, 4) is 0 Å². The Morgan fingerprint density at radius 3 is 2.67 bits per heavy atom. The van der Waals surface area contributed by atoms with Crippen LogP contribution in [-0.2, 0) is 0 Å². The summed E-state index contributed by atoms with van der Waals surface area (Å²) in [5.41, 5.74) is 0.378. The average Bonchev–Trinajstić information content (AvgIpc) is 2.34. The van der Waals surface area contributed by atoms with Gasteiger partial charge in [0.2, 0.25) is 0 Å². The number of nitrogens with zero attached hydrogens (tertiary/aromatic N) is 3. The van der Waals surface area contributed by atoms with Gasteiger partial charge in [0.15, 0.2) is 5.69 Å². The van der Waals surface area contributed by atoms with Crippen molar-refractivity contribution in [2.75, 3.05) is 27.2 Å². The monoisotopic (exact) mass is 358 g/mol. The topological polar surface area (TPSA) is 58.1 Å². The summed E-state index contributed by atoms with van der Waals surface area (Å²) in [6.07, 6.45) is 3.28. The Labute approximate surface area is 121 Å². The van der Waals surface area contributed by atoms with E-state index in [0.717, 1.165) is 29.5 Å². The molecule has 0 aromatic carbocycles. The Morgan fingerprint density at radius 1 is 1.28 bits per heavy atom. The first-order chi connectivity index (χ1) is 8.59. The smallest absolute Gasteiger partial charge is 0.271 e. The van der Waals surface area contributed by atoms with Crippen molar-refractivity contribution in [3.63, 3.8) is 0 Å². The highest BCUT2D eigenvalue weighted by Gasteiger charge is 2.06.